The molecule has 0 atom stereocenters. The molecular formula is C19H23N3O2S. The molecule has 1 heterocycles. The van der Waals surface area contributed by atoms with Gasteiger partial charge in [0.2, 0.25) is 0 Å². The maximum Gasteiger partial charge on any atom is 0.253 e. The summed E-state index contributed by atoms with van der Waals surface area (Å²) in [7, 11) is 3.48. The summed E-state index contributed by atoms with van der Waals surface area (Å²) in [5.41, 5.74) is 1.27. The monoisotopic (exact) mass is 357 g/mol. The second-order valence-electron chi connectivity index (χ2n) is 6.62. The number of carbonyl (C=O) groups excluding carboxylic acids is 1. The number of anilines is 1. The van der Waals surface area contributed by atoms with E-state index in [4.69, 9.17) is 16.6 Å². The van der Waals surface area contributed by atoms with E-state index < -0.39 is 0 Å². The summed E-state index contributed by atoms with van der Waals surface area (Å²) in [6.07, 6.45) is 6.00. The minimum absolute atomic E-state index is 0.0185. The summed E-state index contributed by atoms with van der Waals surface area (Å²) in [4.78, 5) is 13.5. The van der Waals surface area contributed by atoms with Crippen molar-refractivity contribution in [3.63, 3.8) is 0 Å². The third-order valence-electron chi connectivity index (χ3n) is 4.60. The van der Waals surface area contributed by atoms with E-state index in [0.717, 1.165) is 37.1 Å². The molecule has 1 aliphatic rings. The Morgan fingerprint density at radius 2 is 1.84 bits per heavy atom. The zero-order valence-electron chi connectivity index (χ0n) is 14.5. The molecule has 1 aliphatic carbocycles. The van der Waals surface area contributed by atoms with Gasteiger partial charge in [-0.05, 0) is 61.5 Å². The van der Waals surface area contributed by atoms with E-state index in [1.807, 2.05) is 24.3 Å². The average molecular weight is 357 g/mol. The molecule has 132 valence electrons. The fraction of sp³-hybridized carbons (Fsp3) is 0.368. The van der Waals surface area contributed by atoms with Gasteiger partial charge in [0.1, 0.15) is 5.76 Å². The van der Waals surface area contributed by atoms with E-state index in [9.17, 15) is 4.79 Å². The van der Waals surface area contributed by atoms with Crippen molar-refractivity contribution in [3.05, 3.63) is 54.0 Å². The molecule has 1 aromatic heterocycles. The Morgan fingerprint density at radius 3 is 2.40 bits per heavy atom. The van der Waals surface area contributed by atoms with Crippen LogP contribution in [0.2, 0.25) is 0 Å². The molecule has 0 spiro atoms. The first-order chi connectivity index (χ1) is 12.0. The number of hydrogen-bond acceptors (Lipinski definition) is 3. The van der Waals surface area contributed by atoms with E-state index in [-0.39, 0.29) is 11.4 Å². The predicted molar refractivity (Wildman–Crippen MR) is 103 cm³/mol. The van der Waals surface area contributed by atoms with Gasteiger partial charge in [-0.15, -0.1) is 0 Å². The van der Waals surface area contributed by atoms with Gasteiger partial charge in [-0.3, -0.25) is 4.79 Å². The van der Waals surface area contributed by atoms with Crippen LogP contribution in [0.5, 0.6) is 0 Å². The van der Waals surface area contributed by atoms with Crippen molar-refractivity contribution in [1.29, 1.82) is 0 Å². The van der Waals surface area contributed by atoms with Crippen molar-refractivity contribution >= 4 is 28.9 Å². The Labute approximate surface area is 153 Å². The minimum atomic E-state index is -0.228. The lowest BCUT2D eigenvalue weighted by atomic mass is 9.94. The van der Waals surface area contributed by atoms with Crippen LogP contribution in [0.25, 0.3) is 0 Å². The van der Waals surface area contributed by atoms with E-state index in [1.54, 1.807) is 37.4 Å². The highest BCUT2D eigenvalue weighted by Crippen LogP contribution is 2.39. The molecule has 3 rings (SSSR count). The van der Waals surface area contributed by atoms with Crippen LogP contribution in [0.4, 0.5) is 5.69 Å². The molecule has 6 heteroatoms. The van der Waals surface area contributed by atoms with Crippen molar-refractivity contribution in [2.75, 3.05) is 19.4 Å². The average Bonchev–Trinajstić information content (AvgIpc) is 3.26. The summed E-state index contributed by atoms with van der Waals surface area (Å²) in [5, 5.41) is 7.22. The highest BCUT2D eigenvalue weighted by Gasteiger charge is 2.38. The normalized spacial score (nSPS) is 15.6. The Morgan fingerprint density at radius 1 is 1.16 bits per heavy atom. The molecular weight excluding hydrogens is 334 g/mol. The summed E-state index contributed by atoms with van der Waals surface area (Å²) < 4.78 is 5.64. The van der Waals surface area contributed by atoms with Crippen LogP contribution in [0.1, 0.15) is 41.8 Å². The zero-order chi connectivity index (χ0) is 17.9. The molecule has 0 aliphatic heterocycles. The number of amides is 1. The van der Waals surface area contributed by atoms with Crippen LogP contribution in [-0.4, -0.2) is 30.0 Å². The van der Waals surface area contributed by atoms with Gasteiger partial charge in [-0.2, -0.15) is 0 Å². The molecule has 2 aromatic rings. The van der Waals surface area contributed by atoms with E-state index in [0.29, 0.717) is 10.7 Å². The van der Waals surface area contributed by atoms with Crippen LogP contribution >= 0.6 is 12.2 Å². The predicted octanol–water partition coefficient (Wildman–Crippen LogP) is 3.74. The number of hydrogen-bond donors (Lipinski definition) is 2. The molecule has 0 unspecified atom stereocenters. The van der Waals surface area contributed by atoms with Crippen LogP contribution in [0.15, 0.2) is 47.1 Å². The lowest BCUT2D eigenvalue weighted by molar-refractivity contribution is 0.0827. The lowest BCUT2D eigenvalue weighted by Gasteiger charge is -2.29. The van der Waals surface area contributed by atoms with Gasteiger partial charge in [0.15, 0.2) is 5.11 Å². The smallest absolute Gasteiger partial charge is 0.253 e. The van der Waals surface area contributed by atoms with Crippen molar-refractivity contribution in [2.24, 2.45) is 0 Å². The van der Waals surface area contributed by atoms with Crippen molar-refractivity contribution in [3.8, 4) is 0 Å². The van der Waals surface area contributed by atoms with Crippen molar-refractivity contribution < 1.29 is 9.21 Å². The number of nitrogens with zero attached hydrogens (tertiary/aromatic N) is 1. The Hall–Kier alpha value is -2.34. The fourth-order valence-electron chi connectivity index (χ4n) is 3.30. The van der Waals surface area contributed by atoms with E-state index in [1.165, 1.54) is 0 Å². The van der Waals surface area contributed by atoms with Crippen molar-refractivity contribution in [1.82, 2.24) is 10.2 Å². The van der Waals surface area contributed by atoms with E-state index in [2.05, 4.69) is 10.6 Å². The molecule has 2 N–H and O–H groups in total. The molecule has 25 heavy (non-hydrogen) atoms. The summed E-state index contributed by atoms with van der Waals surface area (Å²) in [6.45, 7) is 0. The van der Waals surface area contributed by atoms with Gasteiger partial charge in [0.25, 0.3) is 5.91 Å². The lowest BCUT2D eigenvalue weighted by Crippen LogP contribution is -2.45. The number of furan rings is 1. The Balaban J connectivity index is 1.67. The quantitative estimate of drug-likeness (QED) is 0.817. The second-order valence-corrected chi connectivity index (χ2v) is 7.03. The van der Waals surface area contributed by atoms with E-state index >= 15 is 0 Å². The highest BCUT2D eigenvalue weighted by molar-refractivity contribution is 7.80. The first kappa shape index (κ1) is 17.5. The molecule has 5 nitrogen and oxygen atoms in total. The first-order valence-electron chi connectivity index (χ1n) is 8.45. The summed E-state index contributed by atoms with van der Waals surface area (Å²) in [5.74, 6) is 0.913. The molecule has 0 bridgehead atoms. The zero-order valence-corrected chi connectivity index (χ0v) is 15.4. The largest absolute Gasteiger partial charge is 0.467 e. The summed E-state index contributed by atoms with van der Waals surface area (Å²) >= 11 is 5.51. The third kappa shape index (κ3) is 3.85. The maximum absolute atomic E-state index is 11.9. The van der Waals surface area contributed by atoms with Gasteiger partial charge < -0.3 is 20.0 Å². The Bertz CT molecular complexity index is 733. The van der Waals surface area contributed by atoms with Gasteiger partial charge >= 0.3 is 0 Å². The van der Waals surface area contributed by atoms with Crippen LogP contribution in [0, 0.1) is 0 Å². The fourth-order valence-corrected chi connectivity index (χ4v) is 3.61. The van der Waals surface area contributed by atoms with Gasteiger partial charge in [-0.1, -0.05) is 12.8 Å². The minimum Gasteiger partial charge on any atom is -0.467 e. The SMILES string of the molecule is CN(C)C(=O)c1ccc(NC(=S)NC2(c3ccco3)CCCC2)cc1. The molecule has 1 amide bonds. The van der Waals surface area contributed by atoms with Gasteiger partial charge in [0, 0.05) is 25.3 Å². The van der Waals surface area contributed by atoms with Crippen LogP contribution in [0.3, 0.4) is 0 Å². The first-order valence-corrected chi connectivity index (χ1v) is 8.86. The number of nitrogens with one attached hydrogen (secondary N) is 2. The van der Waals surface area contributed by atoms with Crippen LogP contribution < -0.4 is 10.6 Å². The van der Waals surface area contributed by atoms with Gasteiger partial charge in [0.05, 0.1) is 11.8 Å². The highest BCUT2D eigenvalue weighted by atomic mass is 32.1. The molecule has 1 fully saturated rings. The van der Waals surface area contributed by atoms with Crippen LogP contribution in [-0.2, 0) is 5.54 Å². The number of benzene rings is 1. The molecule has 0 radical (unpaired) electrons. The molecule has 1 aromatic carbocycles. The number of thiocarbonyl (C=S) groups is 1. The second kappa shape index (κ2) is 7.27. The standard InChI is InChI=1S/C19H23N3O2S/c1-22(2)17(23)14-7-9-15(10-8-14)20-18(25)21-19(11-3-4-12-19)16-6-5-13-24-16/h5-10,13H,3-4,11-12H2,1-2H3,(H2,20,21,25). The third-order valence-corrected chi connectivity index (χ3v) is 4.80. The van der Waals surface area contributed by atoms with Crippen molar-refractivity contribution in [2.45, 2.75) is 31.2 Å². The topological polar surface area (TPSA) is 57.5 Å². The maximum atomic E-state index is 11.9. The number of carbonyl (C=O) groups is 1. The molecule has 1 saturated carbocycles. The number of rotatable bonds is 4. The molecule has 0 saturated heterocycles. The Kier molecular flexibility index (Phi) is 5.08. The summed E-state index contributed by atoms with van der Waals surface area (Å²) in [6, 6.07) is 11.2. The van der Waals surface area contributed by atoms with Gasteiger partial charge in [-0.25, -0.2) is 0 Å².